The molecule has 0 aliphatic carbocycles. The van der Waals surface area contributed by atoms with Gasteiger partial charge in [0.25, 0.3) is 0 Å². The molecule has 2 aromatic rings. The Hall–Kier alpha value is -2.02. The molecule has 0 aliphatic rings. The number of anilines is 2. The molecule has 0 saturated carbocycles. The van der Waals surface area contributed by atoms with Crippen LogP contribution in [0.5, 0.6) is 5.75 Å². The zero-order valence-electron chi connectivity index (χ0n) is 10.5. The molecule has 1 heterocycles. The predicted molar refractivity (Wildman–Crippen MR) is 76.5 cm³/mol. The van der Waals surface area contributed by atoms with Gasteiger partial charge < -0.3 is 15.4 Å². The van der Waals surface area contributed by atoms with Crippen LogP contribution in [0.1, 0.15) is 0 Å². The summed E-state index contributed by atoms with van der Waals surface area (Å²) < 4.78 is 7.49. The molecule has 19 heavy (non-hydrogen) atoms. The molecule has 7 heteroatoms. The number of aryl methyl sites for hydroxylation is 1. The molecule has 0 spiro atoms. The van der Waals surface area contributed by atoms with Crippen molar-refractivity contribution in [2.45, 2.75) is 0 Å². The standard InChI is InChI=1S/C12H13BrN4O2/c1-17-7-8(6-14-17)15-12(18)16-11-5-9(19-2)3-4-10(11)13/h3-7H,1-2H3,(H2,15,16,18). The van der Waals surface area contributed by atoms with Gasteiger partial charge in [-0.1, -0.05) is 0 Å². The lowest BCUT2D eigenvalue weighted by Gasteiger charge is -2.09. The van der Waals surface area contributed by atoms with Gasteiger partial charge >= 0.3 is 6.03 Å². The Morgan fingerprint density at radius 2 is 2.21 bits per heavy atom. The third-order valence-corrected chi connectivity index (χ3v) is 3.08. The minimum absolute atomic E-state index is 0.345. The largest absolute Gasteiger partial charge is 0.497 e. The number of aromatic nitrogens is 2. The van der Waals surface area contributed by atoms with Gasteiger partial charge in [-0.2, -0.15) is 5.10 Å². The van der Waals surface area contributed by atoms with E-state index in [1.807, 2.05) is 0 Å². The molecule has 6 nitrogen and oxygen atoms in total. The highest BCUT2D eigenvalue weighted by Gasteiger charge is 2.07. The molecule has 0 aliphatic heterocycles. The highest BCUT2D eigenvalue weighted by molar-refractivity contribution is 9.10. The van der Waals surface area contributed by atoms with Crippen LogP contribution in [0.25, 0.3) is 0 Å². The summed E-state index contributed by atoms with van der Waals surface area (Å²) >= 11 is 3.36. The summed E-state index contributed by atoms with van der Waals surface area (Å²) in [6.07, 6.45) is 3.28. The molecule has 0 atom stereocenters. The van der Waals surface area contributed by atoms with Gasteiger partial charge in [0.2, 0.25) is 0 Å². The Bertz CT molecular complexity index is 597. The minimum atomic E-state index is -0.345. The normalized spacial score (nSPS) is 10.1. The average Bonchev–Trinajstić information content (AvgIpc) is 2.77. The molecule has 0 radical (unpaired) electrons. The predicted octanol–water partition coefficient (Wildman–Crippen LogP) is 2.84. The fourth-order valence-corrected chi connectivity index (χ4v) is 1.84. The van der Waals surface area contributed by atoms with Crippen molar-refractivity contribution in [3.63, 3.8) is 0 Å². The van der Waals surface area contributed by atoms with E-state index in [0.29, 0.717) is 17.1 Å². The van der Waals surface area contributed by atoms with E-state index in [4.69, 9.17) is 4.74 Å². The molecule has 100 valence electrons. The third kappa shape index (κ3) is 3.47. The molecule has 1 aromatic heterocycles. The van der Waals surface area contributed by atoms with Crippen molar-refractivity contribution >= 4 is 33.3 Å². The van der Waals surface area contributed by atoms with Gasteiger partial charge in [-0.15, -0.1) is 0 Å². The maximum absolute atomic E-state index is 11.8. The molecular weight excluding hydrogens is 312 g/mol. The summed E-state index contributed by atoms with van der Waals surface area (Å²) in [6, 6.07) is 4.99. The number of carbonyl (C=O) groups is 1. The van der Waals surface area contributed by atoms with Gasteiger partial charge in [0.05, 0.1) is 24.7 Å². The number of amides is 2. The van der Waals surface area contributed by atoms with Crippen LogP contribution in [0.3, 0.4) is 0 Å². The Kier molecular flexibility index (Phi) is 4.06. The number of nitrogens with one attached hydrogen (secondary N) is 2. The number of hydrogen-bond donors (Lipinski definition) is 2. The van der Waals surface area contributed by atoms with Crippen molar-refractivity contribution in [2.24, 2.45) is 7.05 Å². The van der Waals surface area contributed by atoms with Gasteiger partial charge in [-0.25, -0.2) is 4.79 Å². The molecule has 2 N–H and O–H groups in total. The fourth-order valence-electron chi connectivity index (χ4n) is 1.50. The maximum atomic E-state index is 11.8. The number of nitrogens with zero attached hydrogens (tertiary/aromatic N) is 2. The lowest BCUT2D eigenvalue weighted by atomic mass is 10.3. The van der Waals surface area contributed by atoms with Crippen LogP contribution < -0.4 is 15.4 Å². The van der Waals surface area contributed by atoms with Crippen LogP contribution in [-0.4, -0.2) is 22.9 Å². The molecule has 1 aromatic carbocycles. The van der Waals surface area contributed by atoms with Gasteiger partial charge in [-0.3, -0.25) is 4.68 Å². The van der Waals surface area contributed by atoms with E-state index in [9.17, 15) is 4.79 Å². The minimum Gasteiger partial charge on any atom is -0.497 e. The molecule has 0 bridgehead atoms. The first-order valence-corrected chi connectivity index (χ1v) is 6.28. The summed E-state index contributed by atoms with van der Waals surface area (Å²) in [7, 11) is 3.35. The van der Waals surface area contributed by atoms with Crippen molar-refractivity contribution in [3.05, 3.63) is 35.1 Å². The van der Waals surface area contributed by atoms with E-state index < -0.39 is 0 Å². The number of methoxy groups -OCH3 is 1. The molecule has 2 rings (SSSR count). The second-order valence-corrected chi connectivity index (χ2v) is 4.68. The Labute approximate surface area is 118 Å². The topological polar surface area (TPSA) is 68.2 Å². The molecular formula is C12H13BrN4O2. The SMILES string of the molecule is COc1ccc(Br)c(NC(=O)Nc2cnn(C)c2)c1. The van der Waals surface area contributed by atoms with E-state index in [1.54, 1.807) is 49.4 Å². The van der Waals surface area contributed by atoms with Crippen LogP contribution in [0.15, 0.2) is 35.1 Å². The highest BCUT2D eigenvalue weighted by atomic mass is 79.9. The first kappa shape index (κ1) is 13.4. The van der Waals surface area contributed by atoms with Crippen molar-refractivity contribution in [1.29, 1.82) is 0 Å². The first-order valence-electron chi connectivity index (χ1n) is 5.48. The fraction of sp³-hybridized carbons (Fsp3) is 0.167. The second kappa shape index (κ2) is 5.75. The lowest BCUT2D eigenvalue weighted by Crippen LogP contribution is -2.19. The number of halogens is 1. The first-order chi connectivity index (χ1) is 9.08. The molecule has 0 saturated heterocycles. The zero-order chi connectivity index (χ0) is 13.8. The number of carbonyl (C=O) groups excluding carboxylic acids is 1. The Balaban J connectivity index is 2.06. The van der Waals surface area contributed by atoms with Crippen molar-refractivity contribution in [3.8, 4) is 5.75 Å². The quantitative estimate of drug-likeness (QED) is 0.912. The van der Waals surface area contributed by atoms with Gasteiger partial charge in [-0.05, 0) is 28.1 Å². The maximum Gasteiger partial charge on any atom is 0.323 e. The highest BCUT2D eigenvalue weighted by Crippen LogP contribution is 2.27. The lowest BCUT2D eigenvalue weighted by molar-refractivity contribution is 0.262. The smallest absolute Gasteiger partial charge is 0.323 e. The Morgan fingerprint density at radius 3 is 2.84 bits per heavy atom. The zero-order valence-corrected chi connectivity index (χ0v) is 12.1. The average molecular weight is 325 g/mol. The number of benzene rings is 1. The molecule has 2 amide bonds. The van der Waals surface area contributed by atoms with Crippen molar-refractivity contribution < 1.29 is 9.53 Å². The van der Waals surface area contributed by atoms with Crippen LogP contribution >= 0.6 is 15.9 Å². The van der Waals surface area contributed by atoms with Crippen LogP contribution in [0.4, 0.5) is 16.2 Å². The molecule has 0 fully saturated rings. The number of ether oxygens (including phenoxy) is 1. The number of hydrogen-bond acceptors (Lipinski definition) is 3. The summed E-state index contributed by atoms with van der Waals surface area (Å²) in [4.78, 5) is 11.8. The summed E-state index contributed by atoms with van der Waals surface area (Å²) in [6.45, 7) is 0. The van der Waals surface area contributed by atoms with E-state index >= 15 is 0 Å². The second-order valence-electron chi connectivity index (χ2n) is 3.83. The van der Waals surface area contributed by atoms with Crippen molar-refractivity contribution in [2.75, 3.05) is 17.7 Å². The summed E-state index contributed by atoms with van der Waals surface area (Å²) in [5.74, 6) is 0.667. The number of urea groups is 1. The van der Waals surface area contributed by atoms with E-state index in [-0.39, 0.29) is 6.03 Å². The van der Waals surface area contributed by atoms with Crippen molar-refractivity contribution in [1.82, 2.24) is 9.78 Å². The van der Waals surface area contributed by atoms with Gasteiger partial charge in [0.1, 0.15) is 5.75 Å². The molecule has 0 unspecified atom stereocenters. The van der Waals surface area contributed by atoms with Gasteiger partial charge in [0.15, 0.2) is 0 Å². The van der Waals surface area contributed by atoms with E-state index in [2.05, 4.69) is 31.7 Å². The van der Waals surface area contributed by atoms with Crippen LogP contribution in [0, 0.1) is 0 Å². The van der Waals surface area contributed by atoms with E-state index in [1.165, 1.54) is 0 Å². The summed E-state index contributed by atoms with van der Waals surface area (Å²) in [5.41, 5.74) is 1.25. The number of rotatable bonds is 3. The van der Waals surface area contributed by atoms with Gasteiger partial charge in [0, 0.05) is 23.8 Å². The van der Waals surface area contributed by atoms with Crippen LogP contribution in [-0.2, 0) is 7.05 Å². The Morgan fingerprint density at radius 1 is 1.42 bits per heavy atom. The monoisotopic (exact) mass is 324 g/mol. The van der Waals surface area contributed by atoms with Crippen LogP contribution in [0.2, 0.25) is 0 Å². The van der Waals surface area contributed by atoms with E-state index in [0.717, 1.165) is 4.47 Å². The summed E-state index contributed by atoms with van der Waals surface area (Å²) in [5, 5.41) is 9.38. The third-order valence-electron chi connectivity index (χ3n) is 2.38.